The van der Waals surface area contributed by atoms with Crippen molar-refractivity contribution in [1.29, 1.82) is 0 Å². The third kappa shape index (κ3) is 3.14. The molecular weight excluding hydrogens is 296 g/mol. The van der Waals surface area contributed by atoms with Gasteiger partial charge in [-0.2, -0.15) is 11.8 Å². The van der Waals surface area contributed by atoms with E-state index in [1.54, 1.807) is 5.01 Å². The molecule has 1 aromatic carbocycles. The number of nitrogens with zero attached hydrogens (tertiary/aromatic N) is 1. The quantitative estimate of drug-likeness (QED) is 0.871. The summed E-state index contributed by atoms with van der Waals surface area (Å²) in [4.78, 5) is 24.9. The number of carbonyl (C=O) groups excluding carboxylic acids is 2. The van der Waals surface area contributed by atoms with Crippen molar-refractivity contribution in [2.45, 2.75) is 43.9 Å². The molecule has 0 aliphatic carbocycles. The van der Waals surface area contributed by atoms with Crippen LogP contribution < -0.4 is 5.43 Å². The maximum Gasteiger partial charge on any atom is 0.254 e. The summed E-state index contributed by atoms with van der Waals surface area (Å²) in [6, 6.07) is 9.85. The molecule has 3 rings (SSSR count). The highest BCUT2D eigenvalue weighted by molar-refractivity contribution is 8.00. The summed E-state index contributed by atoms with van der Waals surface area (Å²) in [6.45, 7) is 4.40. The van der Waals surface area contributed by atoms with Crippen molar-refractivity contribution in [2.75, 3.05) is 5.75 Å². The molecule has 2 aliphatic heterocycles. The lowest BCUT2D eigenvalue weighted by Crippen LogP contribution is -2.48. The van der Waals surface area contributed by atoms with Gasteiger partial charge in [0.1, 0.15) is 5.92 Å². The molecule has 0 bridgehead atoms. The van der Waals surface area contributed by atoms with Crippen molar-refractivity contribution in [3.63, 3.8) is 0 Å². The van der Waals surface area contributed by atoms with E-state index in [2.05, 4.69) is 19.3 Å². The molecule has 22 heavy (non-hydrogen) atoms. The number of amides is 2. The summed E-state index contributed by atoms with van der Waals surface area (Å²) in [5, 5.41) is 1.61. The second-order valence-corrected chi connectivity index (χ2v) is 8.48. The Hall–Kier alpha value is -1.49. The molecule has 2 saturated heterocycles. The maximum absolute atomic E-state index is 12.7. The number of hydrogen-bond acceptors (Lipinski definition) is 3. The van der Waals surface area contributed by atoms with Crippen LogP contribution in [0.15, 0.2) is 30.3 Å². The van der Waals surface area contributed by atoms with E-state index in [0.29, 0.717) is 6.42 Å². The first-order chi connectivity index (χ1) is 10.5. The van der Waals surface area contributed by atoms with E-state index >= 15 is 0 Å². The number of benzene rings is 1. The average molecular weight is 318 g/mol. The van der Waals surface area contributed by atoms with Crippen LogP contribution in [0.4, 0.5) is 0 Å². The van der Waals surface area contributed by atoms with E-state index in [1.807, 2.05) is 42.1 Å². The van der Waals surface area contributed by atoms with E-state index in [1.165, 1.54) is 0 Å². The van der Waals surface area contributed by atoms with Crippen LogP contribution in [0, 0.1) is 5.92 Å². The van der Waals surface area contributed by atoms with Crippen LogP contribution >= 0.6 is 11.8 Å². The number of rotatable bonds is 3. The van der Waals surface area contributed by atoms with Gasteiger partial charge < -0.3 is 0 Å². The number of thioether (sulfide) groups is 1. The first kappa shape index (κ1) is 15.4. The van der Waals surface area contributed by atoms with Gasteiger partial charge in [-0.3, -0.25) is 20.0 Å². The molecule has 0 spiro atoms. The summed E-state index contributed by atoms with van der Waals surface area (Å²) in [7, 11) is 0. The van der Waals surface area contributed by atoms with Gasteiger partial charge in [-0.25, -0.2) is 0 Å². The summed E-state index contributed by atoms with van der Waals surface area (Å²) < 4.78 is 0.158. The molecule has 2 aliphatic rings. The minimum atomic E-state index is -0.583. The van der Waals surface area contributed by atoms with Gasteiger partial charge in [0.05, 0.1) is 6.04 Å². The van der Waals surface area contributed by atoms with Gasteiger partial charge >= 0.3 is 0 Å². The Balaban J connectivity index is 1.71. The van der Waals surface area contributed by atoms with Crippen molar-refractivity contribution in [2.24, 2.45) is 5.92 Å². The second kappa shape index (κ2) is 5.95. The fourth-order valence-corrected chi connectivity index (χ4v) is 4.51. The fourth-order valence-electron chi connectivity index (χ4n) is 3.25. The largest absolute Gasteiger partial charge is 0.272 e. The standard InChI is InChI=1S/C17H22N2O2S/c1-17(2)11-13(8-9-22-17)19-16(21)14(15(20)18-19)10-12-6-4-3-5-7-12/h3-7,13-14H,8-11H2,1-2H3,(H,18,20). The first-order valence-corrected chi connectivity index (χ1v) is 8.76. The van der Waals surface area contributed by atoms with Gasteiger partial charge in [-0.1, -0.05) is 44.2 Å². The van der Waals surface area contributed by atoms with E-state index in [9.17, 15) is 9.59 Å². The van der Waals surface area contributed by atoms with E-state index in [4.69, 9.17) is 0 Å². The minimum absolute atomic E-state index is 0.0680. The zero-order valence-electron chi connectivity index (χ0n) is 13.0. The molecule has 0 aromatic heterocycles. The zero-order valence-corrected chi connectivity index (χ0v) is 13.9. The van der Waals surface area contributed by atoms with Gasteiger partial charge in [0, 0.05) is 4.75 Å². The third-order valence-electron chi connectivity index (χ3n) is 4.40. The Morgan fingerprint density at radius 2 is 2.00 bits per heavy atom. The van der Waals surface area contributed by atoms with Crippen molar-refractivity contribution in [3.05, 3.63) is 35.9 Å². The molecule has 2 atom stereocenters. The summed E-state index contributed by atoms with van der Waals surface area (Å²) in [6.07, 6.45) is 2.34. The minimum Gasteiger partial charge on any atom is -0.272 e. The molecule has 1 aromatic rings. The summed E-state index contributed by atoms with van der Waals surface area (Å²) >= 11 is 1.94. The zero-order chi connectivity index (χ0) is 15.7. The Kier molecular flexibility index (Phi) is 4.17. The van der Waals surface area contributed by atoms with Crippen LogP contribution in [0.1, 0.15) is 32.3 Å². The molecule has 2 heterocycles. The van der Waals surface area contributed by atoms with Crippen molar-refractivity contribution in [1.82, 2.24) is 10.4 Å². The highest BCUT2D eigenvalue weighted by Gasteiger charge is 2.44. The number of hydrogen-bond donors (Lipinski definition) is 1. The van der Waals surface area contributed by atoms with Crippen molar-refractivity contribution >= 4 is 23.6 Å². The maximum atomic E-state index is 12.7. The van der Waals surface area contributed by atoms with Gasteiger partial charge in [-0.15, -0.1) is 0 Å². The first-order valence-electron chi connectivity index (χ1n) is 7.78. The molecule has 118 valence electrons. The Morgan fingerprint density at radius 3 is 2.68 bits per heavy atom. The van der Waals surface area contributed by atoms with Crippen LogP contribution in [0.5, 0.6) is 0 Å². The topological polar surface area (TPSA) is 49.4 Å². The van der Waals surface area contributed by atoms with Crippen molar-refractivity contribution in [3.8, 4) is 0 Å². The van der Waals surface area contributed by atoms with Crippen LogP contribution in [0.2, 0.25) is 0 Å². The lowest BCUT2D eigenvalue weighted by molar-refractivity contribution is -0.135. The lowest BCUT2D eigenvalue weighted by atomic mass is 9.96. The predicted molar refractivity (Wildman–Crippen MR) is 88.2 cm³/mol. The molecule has 2 unspecified atom stereocenters. The Labute approximate surface area is 135 Å². The van der Waals surface area contributed by atoms with Crippen molar-refractivity contribution < 1.29 is 9.59 Å². The summed E-state index contributed by atoms with van der Waals surface area (Å²) in [5.41, 5.74) is 3.84. The summed E-state index contributed by atoms with van der Waals surface area (Å²) in [5.74, 6) is 0.215. The highest BCUT2D eigenvalue weighted by Crippen LogP contribution is 2.38. The Morgan fingerprint density at radius 1 is 1.27 bits per heavy atom. The number of hydrazine groups is 1. The highest BCUT2D eigenvalue weighted by atomic mass is 32.2. The Bertz CT molecular complexity index is 573. The molecule has 2 fully saturated rings. The van der Waals surface area contributed by atoms with Crippen LogP contribution in [0.25, 0.3) is 0 Å². The smallest absolute Gasteiger partial charge is 0.254 e. The SMILES string of the molecule is CC1(C)CC(N2NC(=O)C(Cc3ccccc3)C2=O)CCS1. The van der Waals surface area contributed by atoms with E-state index < -0.39 is 5.92 Å². The lowest BCUT2D eigenvalue weighted by Gasteiger charge is -2.38. The molecule has 1 N–H and O–H groups in total. The normalized spacial score (nSPS) is 27.8. The molecule has 0 radical (unpaired) electrons. The molecule has 4 nitrogen and oxygen atoms in total. The van der Waals surface area contributed by atoms with Crippen LogP contribution in [-0.2, 0) is 16.0 Å². The van der Waals surface area contributed by atoms with E-state index in [-0.39, 0.29) is 22.6 Å². The molecule has 0 saturated carbocycles. The molecular formula is C17H22N2O2S. The van der Waals surface area contributed by atoms with Gasteiger partial charge in [0.25, 0.3) is 11.8 Å². The number of carbonyl (C=O) groups is 2. The van der Waals surface area contributed by atoms with Crippen LogP contribution in [0.3, 0.4) is 0 Å². The van der Waals surface area contributed by atoms with E-state index in [0.717, 1.165) is 24.2 Å². The third-order valence-corrected chi connectivity index (χ3v) is 5.79. The van der Waals surface area contributed by atoms with Crippen LogP contribution in [-0.4, -0.2) is 33.4 Å². The predicted octanol–water partition coefficient (Wildman–Crippen LogP) is 2.39. The fraction of sp³-hybridized carbons (Fsp3) is 0.529. The van der Waals surface area contributed by atoms with Gasteiger partial charge in [0.2, 0.25) is 0 Å². The monoisotopic (exact) mass is 318 g/mol. The average Bonchev–Trinajstić information content (AvgIpc) is 2.75. The van der Waals surface area contributed by atoms with Gasteiger partial charge in [0.15, 0.2) is 0 Å². The molecule has 2 amide bonds. The number of nitrogens with one attached hydrogen (secondary N) is 1. The molecule has 5 heteroatoms. The second-order valence-electron chi connectivity index (χ2n) is 6.68. The van der Waals surface area contributed by atoms with Gasteiger partial charge in [-0.05, 0) is 30.6 Å².